The number of likely N-dealkylation sites (N-methyl/N-ethyl adjacent to an activating group) is 1. The molecule has 0 aliphatic rings. The summed E-state index contributed by atoms with van der Waals surface area (Å²) < 4.78 is 10.5. The molecule has 136 valence electrons. The van der Waals surface area contributed by atoms with Crippen molar-refractivity contribution in [1.29, 1.82) is 0 Å². The first-order valence-electron chi connectivity index (χ1n) is 8.13. The van der Waals surface area contributed by atoms with Crippen LogP contribution in [0.3, 0.4) is 0 Å². The Labute approximate surface area is 143 Å². The molecule has 0 fully saturated rings. The van der Waals surface area contributed by atoms with E-state index in [1.165, 1.54) is 0 Å². The summed E-state index contributed by atoms with van der Waals surface area (Å²) in [6, 6.07) is -0.253. The first-order chi connectivity index (χ1) is 10.9. The lowest BCUT2D eigenvalue weighted by molar-refractivity contribution is 0.0491. The van der Waals surface area contributed by atoms with Gasteiger partial charge >= 0.3 is 6.09 Å². The van der Waals surface area contributed by atoms with Gasteiger partial charge < -0.3 is 19.5 Å². The number of nitrogens with zero attached hydrogens (tertiary/aromatic N) is 2. The number of carbonyl (C=O) groups excluding carboxylic acids is 2. The van der Waals surface area contributed by atoms with Crippen LogP contribution in [-0.4, -0.2) is 47.3 Å². The zero-order chi connectivity index (χ0) is 18.7. The highest BCUT2D eigenvalue weighted by Crippen LogP contribution is 2.23. The molecule has 1 aromatic heterocycles. The van der Waals surface area contributed by atoms with Gasteiger partial charge in [0.15, 0.2) is 5.76 Å². The molecule has 1 unspecified atom stereocenters. The van der Waals surface area contributed by atoms with Gasteiger partial charge in [0.05, 0.1) is 5.69 Å². The van der Waals surface area contributed by atoms with E-state index in [1.54, 1.807) is 39.6 Å². The Kier molecular flexibility index (Phi) is 6.40. The van der Waals surface area contributed by atoms with Crippen LogP contribution < -0.4 is 5.32 Å². The minimum Gasteiger partial charge on any atom is -0.444 e. The third kappa shape index (κ3) is 5.54. The summed E-state index contributed by atoms with van der Waals surface area (Å²) in [7, 11) is 1.69. The van der Waals surface area contributed by atoms with Crippen molar-refractivity contribution in [3.63, 3.8) is 0 Å². The van der Waals surface area contributed by atoms with Gasteiger partial charge in [-0.1, -0.05) is 19.0 Å². The number of aryl methyl sites for hydroxylation is 1. The van der Waals surface area contributed by atoms with E-state index in [2.05, 4.69) is 10.5 Å². The van der Waals surface area contributed by atoms with Crippen molar-refractivity contribution in [3.05, 3.63) is 17.0 Å². The lowest BCUT2D eigenvalue weighted by Crippen LogP contribution is -2.44. The average Bonchev–Trinajstić information content (AvgIpc) is 2.77. The first kappa shape index (κ1) is 20.0. The smallest absolute Gasteiger partial charge is 0.407 e. The number of rotatable bonds is 5. The Balaban J connectivity index is 2.71. The number of amides is 2. The summed E-state index contributed by atoms with van der Waals surface area (Å²) in [6.45, 7) is 13.2. The average molecular weight is 339 g/mol. The van der Waals surface area contributed by atoms with Crippen LogP contribution in [0.25, 0.3) is 0 Å². The van der Waals surface area contributed by atoms with Crippen molar-refractivity contribution in [2.45, 2.75) is 66.0 Å². The zero-order valence-electron chi connectivity index (χ0n) is 15.9. The fourth-order valence-corrected chi connectivity index (χ4v) is 2.28. The Morgan fingerprint density at radius 1 is 1.29 bits per heavy atom. The minimum absolute atomic E-state index is 0.0656. The summed E-state index contributed by atoms with van der Waals surface area (Å²) in [5, 5.41) is 6.62. The van der Waals surface area contributed by atoms with Gasteiger partial charge in [0.25, 0.3) is 5.91 Å². The van der Waals surface area contributed by atoms with Gasteiger partial charge in [-0.2, -0.15) is 0 Å². The highest BCUT2D eigenvalue weighted by molar-refractivity contribution is 5.96. The van der Waals surface area contributed by atoms with Crippen LogP contribution in [0.4, 0.5) is 4.79 Å². The molecule has 1 rings (SSSR count). The molecule has 0 aromatic carbocycles. The van der Waals surface area contributed by atoms with Crippen molar-refractivity contribution in [2.24, 2.45) is 0 Å². The van der Waals surface area contributed by atoms with Crippen LogP contribution in [0.2, 0.25) is 0 Å². The number of hydrogen-bond acceptors (Lipinski definition) is 5. The predicted octanol–water partition coefficient (Wildman–Crippen LogP) is 3.09. The predicted molar refractivity (Wildman–Crippen MR) is 91.1 cm³/mol. The fraction of sp³-hybridized carbons (Fsp3) is 0.706. The van der Waals surface area contributed by atoms with Gasteiger partial charge in [0.1, 0.15) is 11.2 Å². The van der Waals surface area contributed by atoms with Gasteiger partial charge in [0, 0.05) is 25.6 Å². The van der Waals surface area contributed by atoms with Crippen LogP contribution >= 0.6 is 0 Å². The van der Waals surface area contributed by atoms with Crippen LogP contribution in [0.1, 0.15) is 69.3 Å². The summed E-state index contributed by atoms with van der Waals surface area (Å²) in [4.78, 5) is 26.0. The van der Waals surface area contributed by atoms with Gasteiger partial charge in [-0.3, -0.25) is 4.79 Å². The largest absolute Gasteiger partial charge is 0.444 e. The Morgan fingerprint density at radius 2 is 1.88 bits per heavy atom. The number of ether oxygens (including phenoxy) is 1. The molecule has 0 radical (unpaired) electrons. The Bertz CT molecular complexity index is 587. The molecule has 1 N–H and O–H groups in total. The van der Waals surface area contributed by atoms with E-state index >= 15 is 0 Å². The molecule has 7 nitrogen and oxygen atoms in total. The molecule has 0 bridgehead atoms. The zero-order valence-corrected chi connectivity index (χ0v) is 15.9. The normalized spacial score (nSPS) is 12.9. The van der Waals surface area contributed by atoms with Gasteiger partial charge in [-0.05, 0) is 34.6 Å². The number of hydrogen-bond donors (Lipinski definition) is 1. The quantitative estimate of drug-likeness (QED) is 0.891. The van der Waals surface area contributed by atoms with E-state index in [0.717, 1.165) is 0 Å². The van der Waals surface area contributed by atoms with Crippen molar-refractivity contribution in [2.75, 3.05) is 13.6 Å². The van der Waals surface area contributed by atoms with Crippen molar-refractivity contribution < 1.29 is 18.8 Å². The minimum atomic E-state index is -0.558. The standard InChI is InChI=1S/C17H29N3O4/c1-10(2)14-13(12(4)19-24-14)15(21)20(8)9-11(3)18-16(22)23-17(5,6)7/h10-11H,9H2,1-8H3,(H,18,22). The molecule has 0 saturated heterocycles. The third-order valence-electron chi connectivity index (χ3n) is 3.28. The van der Waals surface area contributed by atoms with E-state index < -0.39 is 11.7 Å². The molecule has 0 saturated carbocycles. The van der Waals surface area contributed by atoms with Crippen molar-refractivity contribution in [1.82, 2.24) is 15.4 Å². The molecular formula is C17H29N3O4. The summed E-state index contributed by atoms with van der Waals surface area (Å²) in [5.41, 5.74) is 0.511. The topological polar surface area (TPSA) is 84.7 Å². The molecule has 1 heterocycles. The molecule has 0 aliphatic heterocycles. The van der Waals surface area contributed by atoms with E-state index in [0.29, 0.717) is 23.6 Å². The fourth-order valence-electron chi connectivity index (χ4n) is 2.28. The molecular weight excluding hydrogens is 310 g/mol. The number of alkyl carbamates (subject to hydrolysis) is 1. The van der Waals surface area contributed by atoms with Crippen LogP contribution in [0.5, 0.6) is 0 Å². The maximum Gasteiger partial charge on any atom is 0.407 e. The van der Waals surface area contributed by atoms with Gasteiger partial charge in [0.2, 0.25) is 0 Å². The maximum absolute atomic E-state index is 12.7. The third-order valence-corrected chi connectivity index (χ3v) is 3.28. The molecule has 1 aromatic rings. The molecule has 2 amide bonds. The Morgan fingerprint density at radius 3 is 2.38 bits per heavy atom. The van der Waals surface area contributed by atoms with E-state index in [-0.39, 0.29) is 17.9 Å². The van der Waals surface area contributed by atoms with Gasteiger partial charge in [-0.25, -0.2) is 4.79 Å². The molecule has 7 heteroatoms. The highest BCUT2D eigenvalue weighted by Gasteiger charge is 2.26. The second-order valence-corrected chi connectivity index (χ2v) is 7.39. The number of aromatic nitrogens is 1. The number of carbonyl (C=O) groups is 2. The molecule has 24 heavy (non-hydrogen) atoms. The van der Waals surface area contributed by atoms with E-state index in [9.17, 15) is 9.59 Å². The first-order valence-corrected chi connectivity index (χ1v) is 8.13. The van der Waals surface area contributed by atoms with E-state index in [1.807, 2.05) is 20.8 Å². The highest BCUT2D eigenvalue weighted by atomic mass is 16.6. The lowest BCUT2D eigenvalue weighted by Gasteiger charge is -2.25. The maximum atomic E-state index is 12.7. The summed E-state index contributed by atoms with van der Waals surface area (Å²) in [6.07, 6.45) is -0.500. The Hall–Kier alpha value is -2.05. The SMILES string of the molecule is Cc1noc(C(C)C)c1C(=O)N(C)CC(C)NC(=O)OC(C)(C)C. The van der Waals surface area contributed by atoms with Crippen molar-refractivity contribution >= 4 is 12.0 Å². The summed E-state index contributed by atoms with van der Waals surface area (Å²) >= 11 is 0. The lowest BCUT2D eigenvalue weighted by atomic mass is 10.0. The van der Waals surface area contributed by atoms with Gasteiger partial charge in [-0.15, -0.1) is 0 Å². The molecule has 0 aliphatic carbocycles. The monoisotopic (exact) mass is 339 g/mol. The second kappa shape index (κ2) is 7.68. The summed E-state index contributed by atoms with van der Waals surface area (Å²) in [5.74, 6) is 0.475. The molecule has 1 atom stereocenters. The van der Waals surface area contributed by atoms with Crippen molar-refractivity contribution in [3.8, 4) is 0 Å². The van der Waals surface area contributed by atoms with Crippen LogP contribution in [0.15, 0.2) is 4.52 Å². The molecule has 0 spiro atoms. The van der Waals surface area contributed by atoms with E-state index in [4.69, 9.17) is 9.26 Å². The van der Waals surface area contributed by atoms with Crippen LogP contribution in [0, 0.1) is 6.92 Å². The second-order valence-electron chi connectivity index (χ2n) is 7.39. The van der Waals surface area contributed by atoms with Crippen LogP contribution in [-0.2, 0) is 4.74 Å². The number of nitrogens with one attached hydrogen (secondary N) is 1.